The molecule has 2 aromatic rings. The van der Waals surface area contributed by atoms with E-state index in [0.717, 1.165) is 17.3 Å². The number of rotatable bonds is 7. The number of benzene rings is 2. The van der Waals surface area contributed by atoms with E-state index in [4.69, 9.17) is 21.1 Å². The number of anilines is 1. The minimum Gasteiger partial charge on any atom is -0.496 e. The monoisotopic (exact) mass is 577 g/mol. The van der Waals surface area contributed by atoms with Crippen molar-refractivity contribution in [3.8, 4) is 11.8 Å². The van der Waals surface area contributed by atoms with E-state index in [1.807, 2.05) is 6.92 Å². The fraction of sp³-hybridized carbons (Fsp3) is 0.250. The van der Waals surface area contributed by atoms with Crippen LogP contribution in [0.5, 0.6) is 5.75 Å². The molecule has 35 heavy (non-hydrogen) atoms. The number of ether oxygens (including phenoxy) is 2. The molecule has 1 heterocycles. The van der Waals surface area contributed by atoms with E-state index >= 15 is 0 Å². The molecule has 8 nitrogen and oxygen atoms in total. The lowest BCUT2D eigenvalue weighted by Crippen LogP contribution is -2.44. The van der Waals surface area contributed by atoms with Crippen LogP contribution in [0.2, 0.25) is 5.02 Å². The van der Waals surface area contributed by atoms with E-state index in [-0.39, 0.29) is 22.3 Å². The number of carbonyl (C=O) groups excluding carboxylic acids is 3. The Labute approximate surface area is 220 Å². The van der Waals surface area contributed by atoms with Crippen LogP contribution in [0, 0.1) is 24.2 Å². The number of allylic oxidation sites excluding steroid dienone is 1. The summed E-state index contributed by atoms with van der Waals surface area (Å²) in [7, 11) is 2.69. The minimum absolute atomic E-state index is 0.0886. The summed E-state index contributed by atoms with van der Waals surface area (Å²) in [6.45, 7) is 1.83. The van der Waals surface area contributed by atoms with E-state index in [1.54, 1.807) is 36.4 Å². The first-order valence-electron chi connectivity index (χ1n) is 10.2. The normalized spacial score (nSPS) is 17.3. The highest BCUT2D eigenvalue weighted by molar-refractivity contribution is 9.10. The molecule has 0 unspecified atom stereocenters. The number of hydrogen-bond donors (Lipinski definition) is 2. The number of methoxy groups -OCH3 is 2. The Kier molecular flexibility index (Phi) is 8.83. The SMILES string of the molecule is COC(=O)[C@H]1C(=O)NC(SCC(=O)Nc2cc(Cl)ccc2C)=C(C#N)[C@H]1c1ccc(OC)c(Br)c1. The number of thioether (sulfide) groups is 1. The van der Waals surface area contributed by atoms with Gasteiger partial charge in [0.1, 0.15) is 11.7 Å². The van der Waals surface area contributed by atoms with Crippen LogP contribution < -0.4 is 15.4 Å². The number of halogens is 2. The first-order valence-corrected chi connectivity index (χ1v) is 12.4. The Hall–Kier alpha value is -3.00. The molecule has 1 aliphatic rings. The number of carbonyl (C=O) groups is 3. The molecule has 0 aromatic heterocycles. The average molecular weight is 579 g/mol. The van der Waals surface area contributed by atoms with Gasteiger partial charge < -0.3 is 20.1 Å². The van der Waals surface area contributed by atoms with Crippen molar-refractivity contribution in [1.29, 1.82) is 5.26 Å². The molecule has 3 rings (SSSR count). The van der Waals surface area contributed by atoms with Gasteiger partial charge in [-0.15, -0.1) is 0 Å². The quantitative estimate of drug-likeness (QED) is 0.366. The van der Waals surface area contributed by atoms with Gasteiger partial charge in [0.2, 0.25) is 11.8 Å². The van der Waals surface area contributed by atoms with Gasteiger partial charge in [-0.3, -0.25) is 14.4 Å². The molecule has 0 saturated carbocycles. The van der Waals surface area contributed by atoms with E-state index in [9.17, 15) is 19.6 Å². The third-order valence-corrected chi connectivity index (χ3v) is 7.21. The molecular formula is C24H21BrClN3O5S. The Morgan fingerprint density at radius 3 is 2.63 bits per heavy atom. The number of hydrogen-bond acceptors (Lipinski definition) is 7. The predicted octanol–water partition coefficient (Wildman–Crippen LogP) is 4.53. The Morgan fingerprint density at radius 1 is 1.26 bits per heavy atom. The molecule has 11 heteroatoms. The van der Waals surface area contributed by atoms with Crippen molar-refractivity contribution in [2.45, 2.75) is 12.8 Å². The summed E-state index contributed by atoms with van der Waals surface area (Å²) in [5, 5.41) is 16.1. The van der Waals surface area contributed by atoms with Gasteiger partial charge in [0.05, 0.1) is 41.1 Å². The summed E-state index contributed by atoms with van der Waals surface area (Å²) in [4.78, 5) is 38.1. The number of nitrogens with zero attached hydrogens (tertiary/aromatic N) is 1. The third-order valence-electron chi connectivity index (χ3n) is 5.34. The van der Waals surface area contributed by atoms with Crippen LogP contribution in [0.25, 0.3) is 0 Å². The third kappa shape index (κ3) is 5.99. The van der Waals surface area contributed by atoms with Gasteiger partial charge in [0.15, 0.2) is 0 Å². The Bertz CT molecular complexity index is 1260. The van der Waals surface area contributed by atoms with E-state index < -0.39 is 23.7 Å². The molecule has 0 radical (unpaired) electrons. The van der Waals surface area contributed by atoms with Crippen molar-refractivity contribution in [3.63, 3.8) is 0 Å². The zero-order chi connectivity index (χ0) is 25.7. The summed E-state index contributed by atoms with van der Waals surface area (Å²) in [5.74, 6) is -3.47. The van der Waals surface area contributed by atoms with Crippen molar-refractivity contribution >= 4 is 62.8 Å². The number of esters is 1. The molecule has 1 aliphatic heterocycles. The standard InChI is InChI=1S/C24H21BrClN3O5S/c1-12-4-6-14(26)9-17(12)28-19(30)11-35-23-15(10-27)20(21(22(31)29-23)24(32)34-3)13-5-7-18(33-2)16(25)8-13/h4-9,20-21H,11H2,1-3H3,(H,28,30)(H,29,31)/t20-,21-/m1/s1. The molecule has 2 N–H and O–H groups in total. The average Bonchev–Trinajstić information content (AvgIpc) is 2.83. The maximum atomic E-state index is 13.0. The Balaban J connectivity index is 1.93. The summed E-state index contributed by atoms with van der Waals surface area (Å²) < 4.78 is 10.7. The second-order valence-electron chi connectivity index (χ2n) is 7.51. The van der Waals surface area contributed by atoms with Gasteiger partial charge in [-0.05, 0) is 58.2 Å². The van der Waals surface area contributed by atoms with Crippen molar-refractivity contribution in [2.75, 3.05) is 25.3 Å². The van der Waals surface area contributed by atoms with Gasteiger partial charge in [-0.2, -0.15) is 5.26 Å². The highest BCUT2D eigenvalue weighted by Gasteiger charge is 2.44. The zero-order valence-corrected chi connectivity index (χ0v) is 22.1. The topological polar surface area (TPSA) is 118 Å². The van der Waals surface area contributed by atoms with Crippen LogP contribution in [-0.2, 0) is 19.1 Å². The van der Waals surface area contributed by atoms with Crippen LogP contribution in [0.15, 0.2) is 51.5 Å². The zero-order valence-electron chi connectivity index (χ0n) is 19.0. The van der Waals surface area contributed by atoms with Crippen LogP contribution in [0.1, 0.15) is 17.0 Å². The lowest BCUT2D eigenvalue weighted by molar-refractivity contribution is -0.150. The second-order valence-corrected chi connectivity index (χ2v) is 9.79. The lowest BCUT2D eigenvalue weighted by atomic mass is 9.78. The van der Waals surface area contributed by atoms with Crippen LogP contribution in [0.4, 0.5) is 5.69 Å². The summed E-state index contributed by atoms with van der Waals surface area (Å²) >= 11 is 10.4. The molecule has 0 saturated heterocycles. The number of nitrogens with one attached hydrogen (secondary N) is 2. The van der Waals surface area contributed by atoms with E-state index in [2.05, 4.69) is 32.6 Å². The highest BCUT2D eigenvalue weighted by atomic mass is 79.9. The van der Waals surface area contributed by atoms with Gasteiger partial charge in [-0.25, -0.2) is 0 Å². The summed E-state index contributed by atoms with van der Waals surface area (Å²) in [6, 6.07) is 12.3. The molecule has 2 amide bonds. The smallest absolute Gasteiger partial charge is 0.319 e. The predicted molar refractivity (Wildman–Crippen MR) is 137 cm³/mol. The van der Waals surface area contributed by atoms with Crippen molar-refractivity contribution in [2.24, 2.45) is 5.92 Å². The van der Waals surface area contributed by atoms with E-state index in [0.29, 0.717) is 26.5 Å². The summed E-state index contributed by atoms with van der Waals surface area (Å²) in [6.07, 6.45) is 0. The fourth-order valence-corrected chi connectivity index (χ4v) is 5.19. The maximum Gasteiger partial charge on any atom is 0.319 e. The van der Waals surface area contributed by atoms with Crippen LogP contribution in [0.3, 0.4) is 0 Å². The first-order chi connectivity index (χ1) is 16.7. The van der Waals surface area contributed by atoms with Gasteiger partial charge in [-0.1, -0.05) is 35.5 Å². The van der Waals surface area contributed by atoms with E-state index in [1.165, 1.54) is 14.2 Å². The van der Waals surface area contributed by atoms with Crippen LogP contribution >= 0.6 is 39.3 Å². The van der Waals surface area contributed by atoms with Crippen LogP contribution in [-0.4, -0.2) is 37.8 Å². The van der Waals surface area contributed by atoms with Crippen molar-refractivity contribution < 1.29 is 23.9 Å². The molecule has 0 aliphatic carbocycles. The minimum atomic E-state index is -1.28. The highest BCUT2D eigenvalue weighted by Crippen LogP contribution is 2.42. The largest absolute Gasteiger partial charge is 0.496 e. The molecular weight excluding hydrogens is 558 g/mol. The Morgan fingerprint density at radius 2 is 2.00 bits per heavy atom. The van der Waals surface area contributed by atoms with Crippen molar-refractivity contribution in [3.05, 3.63) is 67.6 Å². The number of nitriles is 1. The molecule has 182 valence electrons. The maximum absolute atomic E-state index is 13.0. The molecule has 0 spiro atoms. The van der Waals surface area contributed by atoms with Gasteiger partial charge >= 0.3 is 5.97 Å². The molecule has 0 fully saturated rings. The van der Waals surface area contributed by atoms with Crippen molar-refractivity contribution in [1.82, 2.24) is 5.32 Å². The number of aryl methyl sites for hydroxylation is 1. The fourth-order valence-electron chi connectivity index (χ4n) is 3.61. The molecule has 2 atom stereocenters. The lowest BCUT2D eigenvalue weighted by Gasteiger charge is -2.31. The van der Waals surface area contributed by atoms with Gasteiger partial charge in [0, 0.05) is 16.6 Å². The summed E-state index contributed by atoms with van der Waals surface area (Å²) in [5.41, 5.74) is 2.09. The second kappa shape index (κ2) is 11.6. The van der Waals surface area contributed by atoms with Gasteiger partial charge in [0.25, 0.3) is 0 Å². The first kappa shape index (κ1) is 26.6. The molecule has 0 bridgehead atoms. The number of amides is 2. The molecule has 2 aromatic carbocycles.